The molecule has 0 bridgehead atoms. The van der Waals surface area contributed by atoms with E-state index in [4.69, 9.17) is 4.74 Å². The van der Waals surface area contributed by atoms with E-state index in [-0.39, 0.29) is 0 Å². The molecule has 0 saturated heterocycles. The minimum Gasteiger partial charge on any atom is -0.445 e. The molecule has 4 nitrogen and oxygen atoms in total. The van der Waals surface area contributed by atoms with Crippen molar-refractivity contribution in [2.75, 3.05) is 12.4 Å². The first-order valence-corrected chi connectivity index (χ1v) is 5.32. The fraction of sp³-hybridized carbons (Fsp3) is 0.417. The quantitative estimate of drug-likeness (QED) is 0.822. The first kappa shape index (κ1) is 12.4. The highest BCUT2D eigenvalue weighted by Crippen LogP contribution is 2.11. The van der Waals surface area contributed by atoms with Crippen molar-refractivity contribution < 1.29 is 9.53 Å². The minimum absolute atomic E-state index is 0.293. The van der Waals surface area contributed by atoms with Crippen molar-refractivity contribution in [2.24, 2.45) is 0 Å². The van der Waals surface area contributed by atoms with Gasteiger partial charge in [-0.3, -0.25) is 0 Å². The summed E-state index contributed by atoms with van der Waals surface area (Å²) in [5.41, 5.74) is 2.04. The summed E-state index contributed by atoms with van der Waals surface area (Å²) in [4.78, 5) is 10.9. The number of hydrogen-bond donors (Lipinski definition) is 2. The summed E-state index contributed by atoms with van der Waals surface area (Å²) in [6.07, 6.45) is -0.413. The number of anilines is 1. The van der Waals surface area contributed by atoms with E-state index >= 15 is 0 Å². The van der Waals surface area contributed by atoms with E-state index in [0.29, 0.717) is 12.6 Å². The summed E-state index contributed by atoms with van der Waals surface area (Å²) in [6, 6.07) is 8.24. The van der Waals surface area contributed by atoms with Crippen LogP contribution in [-0.4, -0.2) is 19.2 Å². The second-order valence-corrected chi connectivity index (χ2v) is 3.82. The molecule has 1 rings (SSSR count). The molecule has 0 heterocycles. The molecule has 1 amide bonds. The van der Waals surface area contributed by atoms with Crippen LogP contribution in [0, 0.1) is 0 Å². The van der Waals surface area contributed by atoms with Gasteiger partial charge in [0.15, 0.2) is 0 Å². The Morgan fingerprint density at radius 3 is 2.44 bits per heavy atom. The topological polar surface area (TPSA) is 50.4 Å². The average molecular weight is 222 g/mol. The largest absolute Gasteiger partial charge is 0.445 e. The van der Waals surface area contributed by atoms with E-state index < -0.39 is 6.09 Å². The maximum Gasteiger partial charge on any atom is 0.407 e. The molecule has 1 aromatic rings. The van der Waals surface area contributed by atoms with Crippen molar-refractivity contribution in [1.82, 2.24) is 5.32 Å². The van der Waals surface area contributed by atoms with Gasteiger partial charge in [-0.25, -0.2) is 4.79 Å². The molecule has 0 aliphatic carbocycles. The summed E-state index contributed by atoms with van der Waals surface area (Å²) in [5, 5.41) is 5.69. The average Bonchev–Trinajstić information content (AvgIpc) is 2.27. The highest BCUT2D eigenvalue weighted by atomic mass is 16.5. The van der Waals surface area contributed by atoms with Crippen molar-refractivity contribution in [2.45, 2.75) is 26.5 Å². The van der Waals surface area contributed by atoms with E-state index in [1.165, 1.54) is 7.05 Å². The molecule has 4 heteroatoms. The van der Waals surface area contributed by atoms with Crippen LogP contribution in [0.1, 0.15) is 19.4 Å². The van der Waals surface area contributed by atoms with Crippen LogP contribution in [0.4, 0.5) is 10.5 Å². The van der Waals surface area contributed by atoms with Crippen molar-refractivity contribution in [3.63, 3.8) is 0 Å². The van der Waals surface area contributed by atoms with Gasteiger partial charge in [0, 0.05) is 18.8 Å². The number of amides is 1. The Hall–Kier alpha value is -1.71. The fourth-order valence-electron chi connectivity index (χ4n) is 1.25. The molecule has 0 spiro atoms. The second-order valence-electron chi connectivity index (χ2n) is 3.82. The second kappa shape index (κ2) is 6.00. The predicted molar refractivity (Wildman–Crippen MR) is 64.4 cm³/mol. The van der Waals surface area contributed by atoms with Crippen LogP contribution < -0.4 is 10.6 Å². The van der Waals surface area contributed by atoms with Crippen LogP contribution in [0.5, 0.6) is 0 Å². The highest BCUT2D eigenvalue weighted by Gasteiger charge is 2.00. The zero-order valence-electron chi connectivity index (χ0n) is 9.91. The van der Waals surface area contributed by atoms with Gasteiger partial charge in [-0.15, -0.1) is 0 Å². The van der Waals surface area contributed by atoms with Crippen LogP contribution >= 0.6 is 0 Å². The number of carbonyl (C=O) groups excluding carboxylic acids is 1. The molecule has 0 saturated carbocycles. The monoisotopic (exact) mass is 222 g/mol. The van der Waals surface area contributed by atoms with Crippen molar-refractivity contribution in [1.29, 1.82) is 0 Å². The lowest BCUT2D eigenvalue weighted by Crippen LogP contribution is -2.18. The number of benzene rings is 1. The van der Waals surface area contributed by atoms with E-state index in [1.54, 1.807) is 0 Å². The van der Waals surface area contributed by atoms with E-state index in [9.17, 15) is 4.79 Å². The Labute approximate surface area is 96.0 Å². The lowest BCUT2D eigenvalue weighted by Gasteiger charge is -2.10. The number of alkyl carbamates (subject to hydrolysis) is 1. The third-order valence-corrected chi connectivity index (χ3v) is 1.98. The Bertz CT molecular complexity index is 333. The van der Waals surface area contributed by atoms with E-state index in [0.717, 1.165) is 11.3 Å². The normalized spacial score (nSPS) is 10.0. The standard InChI is InChI=1S/C12H18N2O2/c1-9(2)14-11-6-4-10(5-7-11)8-16-12(15)13-3/h4-7,9,14H,8H2,1-3H3,(H,13,15). The van der Waals surface area contributed by atoms with Gasteiger partial charge in [0.2, 0.25) is 0 Å². The molecule has 0 aromatic heterocycles. The zero-order chi connectivity index (χ0) is 12.0. The summed E-state index contributed by atoms with van der Waals surface area (Å²) >= 11 is 0. The number of rotatable bonds is 4. The molecule has 0 fully saturated rings. The predicted octanol–water partition coefficient (Wildman–Crippen LogP) is 2.36. The van der Waals surface area contributed by atoms with Crippen molar-refractivity contribution in [3.8, 4) is 0 Å². The third kappa shape index (κ3) is 4.21. The Morgan fingerprint density at radius 1 is 1.31 bits per heavy atom. The Kier molecular flexibility index (Phi) is 4.64. The molecule has 0 radical (unpaired) electrons. The van der Waals surface area contributed by atoms with Gasteiger partial charge < -0.3 is 15.4 Å². The molecular formula is C12H18N2O2. The number of hydrogen-bond acceptors (Lipinski definition) is 3. The Morgan fingerprint density at radius 2 is 1.94 bits per heavy atom. The molecule has 2 N–H and O–H groups in total. The Balaban J connectivity index is 2.48. The lowest BCUT2D eigenvalue weighted by molar-refractivity contribution is 0.142. The van der Waals surface area contributed by atoms with Gasteiger partial charge >= 0.3 is 6.09 Å². The third-order valence-electron chi connectivity index (χ3n) is 1.98. The van der Waals surface area contributed by atoms with Crippen LogP contribution in [0.2, 0.25) is 0 Å². The maximum absolute atomic E-state index is 10.9. The summed E-state index contributed by atoms with van der Waals surface area (Å²) in [5.74, 6) is 0. The van der Waals surface area contributed by atoms with Crippen molar-refractivity contribution >= 4 is 11.8 Å². The molecule has 0 unspecified atom stereocenters. The molecular weight excluding hydrogens is 204 g/mol. The number of nitrogens with one attached hydrogen (secondary N) is 2. The SMILES string of the molecule is CNC(=O)OCc1ccc(NC(C)C)cc1. The first-order chi connectivity index (χ1) is 7.61. The van der Waals surface area contributed by atoms with Crippen LogP contribution in [-0.2, 0) is 11.3 Å². The minimum atomic E-state index is -0.413. The molecule has 0 aliphatic heterocycles. The fourth-order valence-corrected chi connectivity index (χ4v) is 1.25. The smallest absolute Gasteiger partial charge is 0.407 e. The van der Waals surface area contributed by atoms with Gasteiger partial charge in [-0.2, -0.15) is 0 Å². The van der Waals surface area contributed by atoms with Crippen molar-refractivity contribution in [3.05, 3.63) is 29.8 Å². The molecule has 88 valence electrons. The lowest BCUT2D eigenvalue weighted by atomic mass is 10.2. The van der Waals surface area contributed by atoms with Gasteiger partial charge in [0.1, 0.15) is 6.61 Å². The summed E-state index contributed by atoms with van der Waals surface area (Å²) in [6.45, 7) is 4.47. The summed E-state index contributed by atoms with van der Waals surface area (Å²) in [7, 11) is 1.54. The van der Waals surface area contributed by atoms with Gasteiger partial charge in [-0.05, 0) is 31.5 Å². The van der Waals surface area contributed by atoms with Gasteiger partial charge in [0.05, 0.1) is 0 Å². The number of carbonyl (C=O) groups is 1. The number of ether oxygens (including phenoxy) is 1. The van der Waals surface area contributed by atoms with E-state index in [2.05, 4.69) is 24.5 Å². The maximum atomic E-state index is 10.9. The first-order valence-electron chi connectivity index (χ1n) is 5.32. The van der Waals surface area contributed by atoms with Crippen LogP contribution in [0.15, 0.2) is 24.3 Å². The zero-order valence-corrected chi connectivity index (χ0v) is 9.91. The summed E-state index contributed by atoms with van der Waals surface area (Å²) < 4.78 is 4.93. The molecule has 0 aliphatic rings. The molecule has 0 atom stereocenters. The van der Waals surface area contributed by atoms with Gasteiger partial charge in [0.25, 0.3) is 0 Å². The molecule has 1 aromatic carbocycles. The molecule has 16 heavy (non-hydrogen) atoms. The van der Waals surface area contributed by atoms with Crippen LogP contribution in [0.3, 0.4) is 0 Å². The van der Waals surface area contributed by atoms with E-state index in [1.807, 2.05) is 24.3 Å². The van der Waals surface area contributed by atoms with Gasteiger partial charge in [-0.1, -0.05) is 12.1 Å². The van der Waals surface area contributed by atoms with Crippen LogP contribution in [0.25, 0.3) is 0 Å². The highest BCUT2D eigenvalue weighted by molar-refractivity contribution is 5.66.